The van der Waals surface area contributed by atoms with E-state index in [2.05, 4.69) is 23.5 Å². The Morgan fingerprint density at radius 1 is 1.14 bits per heavy atom. The van der Waals surface area contributed by atoms with Gasteiger partial charge < -0.3 is 4.90 Å². The smallest absolute Gasteiger partial charge is 0.300 e. The maximum Gasteiger partial charge on any atom is 0.416 e. The Hall–Kier alpha value is -2.06. The minimum atomic E-state index is -4.60. The van der Waals surface area contributed by atoms with Crippen LogP contribution in [0.3, 0.4) is 0 Å². The number of hydrogen-bond acceptors (Lipinski definition) is 3. The van der Waals surface area contributed by atoms with E-state index in [0.717, 1.165) is 49.7 Å². The number of halogens is 3. The molecule has 2 aromatic rings. The van der Waals surface area contributed by atoms with Crippen LogP contribution in [0.15, 0.2) is 53.4 Å². The Balaban J connectivity index is 1.73. The largest absolute Gasteiger partial charge is 0.416 e. The number of benzene rings is 2. The Bertz CT molecular complexity index is 943. The molecule has 0 aliphatic carbocycles. The van der Waals surface area contributed by atoms with Crippen LogP contribution in [0.25, 0.3) is 0 Å². The third-order valence-corrected chi connectivity index (χ3v) is 6.70. The van der Waals surface area contributed by atoms with Gasteiger partial charge in [-0.2, -0.15) is 13.2 Å². The van der Waals surface area contributed by atoms with Crippen LogP contribution in [0.1, 0.15) is 43.7 Å². The number of sulfonamides is 1. The molecule has 2 aromatic carbocycles. The molecule has 0 amide bonds. The lowest BCUT2D eigenvalue weighted by atomic mass is 9.96. The summed E-state index contributed by atoms with van der Waals surface area (Å²) in [5.41, 5.74) is 0.461. The first-order valence-electron chi connectivity index (χ1n) is 9.64. The summed E-state index contributed by atoms with van der Waals surface area (Å²) in [5, 5.41) is 0. The SMILES string of the molecule is CCCN1C[C@H](c2ccc(NS(=O)(=O)c3cccc(C(F)(F)F)c3)cc2)C[C@H]1C. The van der Waals surface area contributed by atoms with Gasteiger partial charge >= 0.3 is 6.18 Å². The summed E-state index contributed by atoms with van der Waals surface area (Å²) in [6.45, 7) is 6.41. The molecule has 1 aliphatic rings. The van der Waals surface area contributed by atoms with Crippen LogP contribution < -0.4 is 4.72 Å². The highest BCUT2D eigenvalue weighted by molar-refractivity contribution is 7.92. The van der Waals surface area contributed by atoms with E-state index in [0.29, 0.717) is 23.7 Å². The molecule has 1 fully saturated rings. The number of nitrogens with one attached hydrogen (secondary N) is 1. The molecule has 0 saturated carbocycles. The van der Waals surface area contributed by atoms with Crippen LogP contribution in [0.4, 0.5) is 18.9 Å². The van der Waals surface area contributed by atoms with E-state index < -0.39 is 26.7 Å². The third-order valence-electron chi connectivity index (χ3n) is 5.32. The lowest BCUT2D eigenvalue weighted by Gasteiger charge is -2.19. The quantitative estimate of drug-likeness (QED) is 0.700. The van der Waals surface area contributed by atoms with E-state index in [1.807, 2.05) is 12.1 Å². The Labute approximate surface area is 169 Å². The van der Waals surface area contributed by atoms with E-state index in [9.17, 15) is 21.6 Å². The first kappa shape index (κ1) is 21.6. The molecule has 8 heteroatoms. The number of nitrogens with zero attached hydrogens (tertiary/aromatic N) is 1. The van der Waals surface area contributed by atoms with Crippen LogP contribution >= 0.6 is 0 Å². The van der Waals surface area contributed by atoms with Gasteiger partial charge in [-0.1, -0.05) is 25.1 Å². The number of rotatable bonds is 6. The fourth-order valence-corrected chi connectivity index (χ4v) is 4.92. The van der Waals surface area contributed by atoms with Crippen molar-refractivity contribution in [3.8, 4) is 0 Å². The van der Waals surface area contributed by atoms with Gasteiger partial charge in [0.05, 0.1) is 10.5 Å². The van der Waals surface area contributed by atoms with Crippen molar-refractivity contribution in [3.63, 3.8) is 0 Å². The molecular weight excluding hydrogens is 401 g/mol. The summed E-state index contributed by atoms with van der Waals surface area (Å²) in [4.78, 5) is 2.03. The predicted octanol–water partition coefficient (Wildman–Crippen LogP) is 5.09. The van der Waals surface area contributed by atoms with E-state index in [1.165, 1.54) is 0 Å². The molecule has 0 aromatic heterocycles. The number of alkyl halides is 3. The zero-order chi connectivity index (χ0) is 21.2. The molecule has 3 rings (SSSR count). The second kappa shape index (κ2) is 8.36. The van der Waals surface area contributed by atoms with Crippen molar-refractivity contribution in [1.82, 2.24) is 4.90 Å². The average Bonchev–Trinajstić information content (AvgIpc) is 3.02. The van der Waals surface area contributed by atoms with Crippen molar-refractivity contribution >= 4 is 15.7 Å². The highest BCUT2D eigenvalue weighted by atomic mass is 32.2. The van der Waals surface area contributed by atoms with E-state index in [1.54, 1.807) is 12.1 Å². The molecule has 1 saturated heterocycles. The van der Waals surface area contributed by atoms with Gasteiger partial charge in [0.25, 0.3) is 10.0 Å². The van der Waals surface area contributed by atoms with Crippen molar-refractivity contribution < 1.29 is 21.6 Å². The zero-order valence-electron chi connectivity index (χ0n) is 16.4. The summed E-state index contributed by atoms with van der Waals surface area (Å²) in [6, 6.07) is 11.3. The normalized spacial score (nSPS) is 20.7. The van der Waals surface area contributed by atoms with Crippen LogP contribution in [0.2, 0.25) is 0 Å². The molecule has 1 N–H and O–H groups in total. The summed E-state index contributed by atoms with van der Waals surface area (Å²) >= 11 is 0. The van der Waals surface area contributed by atoms with E-state index >= 15 is 0 Å². The molecule has 0 spiro atoms. The summed E-state index contributed by atoms with van der Waals surface area (Å²) in [6.07, 6.45) is -2.44. The fourth-order valence-electron chi connectivity index (χ4n) is 3.82. The summed E-state index contributed by atoms with van der Waals surface area (Å²) in [7, 11) is -4.11. The molecule has 29 heavy (non-hydrogen) atoms. The number of likely N-dealkylation sites (tertiary alicyclic amines) is 1. The first-order chi connectivity index (χ1) is 13.6. The maximum atomic E-state index is 12.9. The third kappa shape index (κ3) is 5.11. The van der Waals surface area contributed by atoms with Gasteiger partial charge in [-0.05, 0) is 68.1 Å². The Morgan fingerprint density at radius 2 is 1.83 bits per heavy atom. The maximum absolute atomic E-state index is 12.9. The fraction of sp³-hybridized carbons (Fsp3) is 0.429. The Kier molecular flexibility index (Phi) is 6.24. The molecule has 2 atom stereocenters. The van der Waals surface area contributed by atoms with E-state index in [4.69, 9.17) is 0 Å². The van der Waals surface area contributed by atoms with Gasteiger partial charge in [0, 0.05) is 18.3 Å². The molecule has 158 valence electrons. The van der Waals surface area contributed by atoms with Crippen molar-refractivity contribution in [3.05, 3.63) is 59.7 Å². The number of hydrogen-bond donors (Lipinski definition) is 1. The standard InChI is InChI=1S/C21H25F3N2O2S/c1-3-11-26-14-17(12-15(26)2)16-7-9-19(10-8-16)25-29(27,28)20-6-4-5-18(13-20)21(22,23)24/h4-10,13,15,17,25H,3,11-12,14H2,1-2H3/t15-,17-/m1/s1. The molecular formula is C21H25F3N2O2S. The van der Waals surface area contributed by atoms with Crippen molar-refractivity contribution in [2.24, 2.45) is 0 Å². The minimum Gasteiger partial charge on any atom is -0.300 e. The van der Waals surface area contributed by atoms with Crippen molar-refractivity contribution in [1.29, 1.82) is 0 Å². The van der Waals surface area contributed by atoms with Gasteiger partial charge in [0.1, 0.15) is 0 Å². The average molecular weight is 427 g/mol. The molecule has 0 bridgehead atoms. The van der Waals surface area contributed by atoms with Gasteiger partial charge in [-0.15, -0.1) is 0 Å². The van der Waals surface area contributed by atoms with Crippen LogP contribution in [-0.2, 0) is 16.2 Å². The van der Waals surface area contributed by atoms with Crippen molar-refractivity contribution in [2.75, 3.05) is 17.8 Å². The Morgan fingerprint density at radius 3 is 2.45 bits per heavy atom. The monoisotopic (exact) mass is 426 g/mol. The van der Waals surface area contributed by atoms with Gasteiger partial charge in [-0.25, -0.2) is 8.42 Å². The molecule has 0 unspecified atom stereocenters. The van der Waals surface area contributed by atoms with Crippen LogP contribution in [-0.4, -0.2) is 32.4 Å². The second-order valence-corrected chi connectivity index (χ2v) is 9.21. The molecule has 0 radical (unpaired) electrons. The lowest BCUT2D eigenvalue weighted by molar-refractivity contribution is -0.137. The van der Waals surface area contributed by atoms with Gasteiger partial charge in [0.15, 0.2) is 0 Å². The van der Waals surface area contributed by atoms with Crippen molar-refractivity contribution in [2.45, 2.75) is 49.7 Å². The van der Waals surface area contributed by atoms with Gasteiger partial charge in [-0.3, -0.25) is 4.72 Å². The predicted molar refractivity (Wildman–Crippen MR) is 107 cm³/mol. The minimum absolute atomic E-state index is 0.322. The van der Waals surface area contributed by atoms with E-state index in [-0.39, 0.29) is 0 Å². The molecule has 1 heterocycles. The topological polar surface area (TPSA) is 49.4 Å². The first-order valence-corrected chi connectivity index (χ1v) is 11.1. The van der Waals surface area contributed by atoms with Crippen LogP contribution in [0.5, 0.6) is 0 Å². The van der Waals surface area contributed by atoms with Crippen LogP contribution in [0, 0.1) is 0 Å². The second-order valence-electron chi connectivity index (χ2n) is 7.53. The highest BCUT2D eigenvalue weighted by Crippen LogP contribution is 2.33. The number of anilines is 1. The molecule has 4 nitrogen and oxygen atoms in total. The summed E-state index contributed by atoms with van der Waals surface area (Å²) < 4.78 is 65.9. The molecule has 1 aliphatic heterocycles. The zero-order valence-corrected chi connectivity index (χ0v) is 17.2. The summed E-state index contributed by atoms with van der Waals surface area (Å²) in [5.74, 6) is 0.394. The van der Waals surface area contributed by atoms with Gasteiger partial charge in [0.2, 0.25) is 0 Å². The lowest BCUT2D eigenvalue weighted by Crippen LogP contribution is -2.27. The highest BCUT2D eigenvalue weighted by Gasteiger charge is 2.32.